The average Bonchev–Trinajstić information content (AvgIpc) is 3.10. The molecule has 0 amide bonds. The second-order valence-corrected chi connectivity index (χ2v) is 7.45. The Morgan fingerprint density at radius 1 is 1.24 bits per heavy atom. The molecule has 1 aromatic heterocycles. The van der Waals surface area contributed by atoms with Gasteiger partial charge in [0.1, 0.15) is 18.1 Å². The summed E-state index contributed by atoms with van der Waals surface area (Å²) in [4.78, 5) is 10.6. The van der Waals surface area contributed by atoms with Crippen molar-refractivity contribution in [2.75, 3.05) is 13.1 Å². The summed E-state index contributed by atoms with van der Waals surface area (Å²) in [6, 6.07) is 5.38. The maximum Gasteiger partial charge on any atom is 0.294 e. The third-order valence-electron chi connectivity index (χ3n) is 4.00. The molecular formula is C14H14N6O4S. The molecule has 130 valence electrons. The van der Waals surface area contributed by atoms with Crippen LogP contribution in [0.2, 0.25) is 0 Å². The van der Waals surface area contributed by atoms with E-state index in [0.29, 0.717) is 13.1 Å². The zero-order chi connectivity index (χ0) is 18.0. The van der Waals surface area contributed by atoms with Crippen LogP contribution in [0.1, 0.15) is 25.1 Å². The molecule has 0 atom stereocenters. The van der Waals surface area contributed by atoms with E-state index >= 15 is 0 Å². The van der Waals surface area contributed by atoms with Crippen LogP contribution >= 0.6 is 0 Å². The molecule has 0 saturated carbocycles. The third kappa shape index (κ3) is 3.09. The molecule has 0 aliphatic carbocycles. The molecule has 25 heavy (non-hydrogen) atoms. The molecule has 11 heteroatoms. The monoisotopic (exact) mass is 362 g/mol. The standard InChI is InChI=1S/C14H14N6O4S/c15-9-14-17-16-10-19(14)12-5-4-11(8-13(12)20(21)22)25(23,24)18-6-2-1-3-7-18/h4-5,8,10H,1-3,6-7H2. The molecule has 2 aromatic rings. The van der Waals surface area contributed by atoms with E-state index in [4.69, 9.17) is 5.26 Å². The third-order valence-corrected chi connectivity index (χ3v) is 5.90. The molecule has 0 N–H and O–H groups in total. The molecule has 0 spiro atoms. The van der Waals surface area contributed by atoms with Crippen LogP contribution in [-0.4, -0.2) is 45.5 Å². The molecule has 0 unspecified atom stereocenters. The number of benzene rings is 1. The number of nitro benzene ring substituents is 1. The minimum Gasteiger partial charge on any atom is -0.266 e. The van der Waals surface area contributed by atoms with E-state index < -0.39 is 20.6 Å². The highest BCUT2D eigenvalue weighted by atomic mass is 32.2. The van der Waals surface area contributed by atoms with E-state index in [1.165, 1.54) is 22.8 Å². The Morgan fingerprint density at radius 2 is 1.96 bits per heavy atom. The number of sulfonamides is 1. The number of aromatic nitrogens is 3. The Hall–Kier alpha value is -2.84. The first-order valence-electron chi connectivity index (χ1n) is 7.54. The quantitative estimate of drug-likeness (QED) is 0.589. The molecule has 10 nitrogen and oxygen atoms in total. The Labute approximate surface area is 143 Å². The predicted molar refractivity (Wildman–Crippen MR) is 85.3 cm³/mol. The van der Waals surface area contributed by atoms with Crippen molar-refractivity contribution in [1.29, 1.82) is 5.26 Å². The molecule has 1 aliphatic rings. The van der Waals surface area contributed by atoms with E-state index in [1.807, 2.05) is 0 Å². The van der Waals surface area contributed by atoms with E-state index in [2.05, 4.69) is 10.2 Å². The SMILES string of the molecule is N#Cc1nncn1-c1ccc(S(=O)(=O)N2CCCCC2)cc1[N+](=O)[O-]. The molecule has 1 aromatic carbocycles. The normalized spacial score (nSPS) is 15.6. The summed E-state index contributed by atoms with van der Waals surface area (Å²) in [6.45, 7) is 0.809. The maximum atomic E-state index is 12.7. The minimum atomic E-state index is -3.80. The molecule has 1 saturated heterocycles. The summed E-state index contributed by atoms with van der Waals surface area (Å²) in [5, 5.41) is 27.6. The van der Waals surface area contributed by atoms with Crippen LogP contribution in [0, 0.1) is 21.4 Å². The smallest absolute Gasteiger partial charge is 0.266 e. The number of hydrogen-bond donors (Lipinski definition) is 0. The summed E-state index contributed by atoms with van der Waals surface area (Å²) in [7, 11) is -3.80. The van der Waals surface area contributed by atoms with Crippen LogP contribution < -0.4 is 0 Å². The number of hydrogen-bond acceptors (Lipinski definition) is 7. The lowest BCUT2D eigenvalue weighted by molar-refractivity contribution is -0.384. The van der Waals surface area contributed by atoms with Gasteiger partial charge in [-0.25, -0.2) is 8.42 Å². The van der Waals surface area contributed by atoms with Gasteiger partial charge in [0.25, 0.3) is 5.69 Å². The number of rotatable bonds is 4. The van der Waals surface area contributed by atoms with E-state index in [1.54, 1.807) is 6.07 Å². The highest BCUT2D eigenvalue weighted by molar-refractivity contribution is 7.89. The zero-order valence-electron chi connectivity index (χ0n) is 13.1. The Balaban J connectivity index is 2.09. The van der Waals surface area contributed by atoms with Gasteiger partial charge in [-0.1, -0.05) is 6.42 Å². The summed E-state index contributed by atoms with van der Waals surface area (Å²) >= 11 is 0. The number of piperidine rings is 1. The van der Waals surface area contributed by atoms with Crippen molar-refractivity contribution in [2.45, 2.75) is 24.2 Å². The van der Waals surface area contributed by atoms with Crippen molar-refractivity contribution in [3.05, 3.63) is 40.5 Å². The van der Waals surface area contributed by atoms with Crippen LogP contribution in [-0.2, 0) is 10.0 Å². The summed E-state index contributed by atoms with van der Waals surface area (Å²) < 4.78 is 27.9. The van der Waals surface area contributed by atoms with E-state index in [-0.39, 0.29) is 16.4 Å². The van der Waals surface area contributed by atoms with Crippen LogP contribution in [0.3, 0.4) is 0 Å². The van der Waals surface area contributed by atoms with Crippen LogP contribution in [0.15, 0.2) is 29.4 Å². The lowest BCUT2D eigenvalue weighted by atomic mass is 10.2. The fourth-order valence-corrected chi connectivity index (χ4v) is 4.29. The Bertz CT molecular complexity index is 956. The Morgan fingerprint density at radius 3 is 2.60 bits per heavy atom. The first kappa shape index (κ1) is 17.0. The number of nitriles is 1. The average molecular weight is 362 g/mol. The van der Waals surface area contributed by atoms with Gasteiger partial charge >= 0.3 is 0 Å². The van der Waals surface area contributed by atoms with Gasteiger partial charge < -0.3 is 0 Å². The molecule has 1 aliphatic heterocycles. The van der Waals surface area contributed by atoms with Gasteiger partial charge in [-0.3, -0.25) is 14.7 Å². The highest BCUT2D eigenvalue weighted by Gasteiger charge is 2.29. The topological polar surface area (TPSA) is 135 Å². The number of nitro groups is 1. The highest BCUT2D eigenvalue weighted by Crippen LogP contribution is 2.29. The molecule has 3 rings (SSSR count). The van der Waals surface area contributed by atoms with Gasteiger partial charge in [-0.15, -0.1) is 10.2 Å². The molecular weight excluding hydrogens is 348 g/mol. The van der Waals surface area contributed by atoms with Crippen molar-refractivity contribution < 1.29 is 13.3 Å². The lowest BCUT2D eigenvalue weighted by Gasteiger charge is -2.25. The predicted octanol–water partition coefficient (Wildman–Crippen LogP) is 1.22. The van der Waals surface area contributed by atoms with Crippen LogP contribution in [0.25, 0.3) is 5.69 Å². The van der Waals surface area contributed by atoms with Gasteiger partial charge in [0.05, 0.1) is 9.82 Å². The first-order valence-corrected chi connectivity index (χ1v) is 8.98. The minimum absolute atomic E-state index is 0.0316. The fourth-order valence-electron chi connectivity index (χ4n) is 2.76. The molecule has 0 bridgehead atoms. The first-order chi connectivity index (χ1) is 11.9. The summed E-state index contributed by atoms with van der Waals surface area (Å²) in [5.41, 5.74) is -0.404. The molecule has 2 heterocycles. The van der Waals surface area contributed by atoms with Crippen molar-refractivity contribution in [3.8, 4) is 11.8 Å². The molecule has 0 radical (unpaired) electrons. The molecule has 1 fully saturated rings. The zero-order valence-corrected chi connectivity index (χ0v) is 13.9. The van der Waals surface area contributed by atoms with Gasteiger partial charge in [0.15, 0.2) is 0 Å². The largest absolute Gasteiger partial charge is 0.294 e. The van der Waals surface area contributed by atoms with Gasteiger partial charge in [0.2, 0.25) is 15.8 Å². The van der Waals surface area contributed by atoms with Gasteiger partial charge in [-0.05, 0) is 25.0 Å². The van der Waals surface area contributed by atoms with E-state index in [9.17, 15) is 18.5 Å². The van der Waals surface area contributed by atoms with E-state index in [0.717, 1.165) is 29.9 Å². The second kappa shape index (κ2) is 6.58. The van der Waals surface area contributed by atoms with Crippen molar-refractivity contribution in [2.24, 2.45) is 0 Å². The fraction of sp³-hybridized carbons (Fsp3) is 0.357. The van der Waals surface area contributed by atoms with Crippen LogP contribution in [0.4, 0.5) is 5.69 Å². The second-order valence-electron chi connectivity index (χ2n) is 5.51. The van der Waals surface area contributed by atoms with Gasteiger partial charge in [-0.2, -0.15) is 9.57 Å². The van der Waals surface area contributed by atoms with Gasteiger partial charge in [0, 0.05) is 19.2 Å². The number of nitrogens with zero attached hydrogens (tertiary/aromatic N) is 6. The van der Waals surface area contributed by atoms with Crippen molar-refractivity contribution >= 4 is 15.7 Å². The lowest BCUT2D eigenvalue weighted by Crippen LogP contribution is -2.35. The maximum absolute atomic E-state index is 12.7. The Kier molecular flexibility index (Phi) is 4.47. The van der Waals surface area contributed by atoms with Crippen molar-refractivity contribution in [3.63, 3.8) is 0 Å². The van der Waals surface area contributed by atoms with Crippen LogP contribution in [0.5, 0.6) is 0 Å². The van der Waals surface area contributed by atoms with Crippen molar-refractivity contribution in [1.82, 2.24) is 19.1 Å². The summed E-state index contributed by atoms with van der Waals surface area (Å²) in [6.07, 6.45) is 3.67. The summed E-state index contributed by atoms with van der Waals surface area (Å²) in [5.74, 6) is -0.130.